The zero-order chi connectivity index (χ0) is 18.6. The van der Waals surface area contributed by atoms with Crippen molar-refractivity contribution < 1.29 is 14.6 Å². The maximum absolute atomic E-state index is 12.6. The summed E-state index contributed by atoms with van der Waals surface area (Å²) in [6.45, 7) is 3.43. The smallest absolute Gasteiger partial charge is 0.263 e. The lowest BCUT2D eigenvalue weighted by molar-refractivity contribution is -0.140. The average molecular weight is 382 g/mol. The van der Waals surface area contributed by atoms with Gasteiger partial charge in [-0.2, -0.15) is 0 Å². The van der Waals surface area contributed by atoms with Crippen molar-refractivity contribution in [1.82, 2.24) is 4.90 Å². The van der Waals surface area contributed by atoms with Gasteiger partial charge in [0.15, 0.2) is 6.10 Å². The van der Waals surface area contributed by atoms with Gasteiger partial charge in [0, 0.05) is 12.1 Å². The summed E-state index contributed by atoms with van der Waals surface area (Å²) in [4.78, 5) is 14.1. The Bertz CT molecular complexity index is 724. The molecule has 0 aromatic heterocycles. The maximum atomic E-state index is 12.6. The largest absolute Gasteiger partial charge is 0.479 e. The van der Waals surface area contributed by atoms with Crippen molar-refractivity contribution >= 4 is 29.1 Å². The number of aliphatic hydroxyl groups excluding tert-OH is 1. The quantitative estimate of drug-likeness (QED) is 0.809. The van der Waals surface area contributed by atoms with Crippen LogP contribution in [0.3, 0.4) is 0 Å². The first kappa shape index (κ1) is 19.6. The summed E-state index contributed by atoms with van der Waals surface area (Å²) >= 11 is 11.9. The van der Waals surface area contributed by atoms with E-state index >= 15 is 0 Å². The minimum absolute atomic E-state index is 0.256. The number of rotatable bonds is 6. The van der Waals surface area contributed by atoms with Gasteiger partial charge in [-0.15, -0.1) is 0 Å². The van der Waals surface area contributed by atoms with E-state index in [1.807, 2.05) is 30.3 Å². The van der Waals surface area contributed by atoms with Crippen molar-refractivity contribution in [2.75, 3.05) is 7.05 Å². The van der Waals surface area contributed by atoms with Crippen LogP contribution in [0.15, 0.2) is 48.5 Å². The molecule has 1 N–H and O–H groups in total. The van der Waals surface area contributed by atoms with Gasteiger partial charge in [0.1, 0.15) is 5.75 Å². The van der Waals surface area contributed by atoms with E-state index in [-0.39, 0.29) is 5.91 Å². The highest BCUT2D eigenvalue weighted by molar-refractivity contribution is 6.35. The number of halogens is 2. The number of benzene rings is 2. The first-order chi connectivity index (χ1) is 11.8. The lowest BCUT2D eigenvalue weighted by Gasteiger charge is -2.31. The molecular formula is C19H21Cl2NO3. The van der Waals surface area contributed by atoms with E-state index in [9.17, 15) is 9.90 Å². The van der Waals surface area contributed by atoms with Crippen molar-refractivity contribution in [1.29, 1.82) is 0 Å². The third kappa shape index (κ3) is 4.88. The third-order valence-electron chi connectivity index (χ3n) is 4.10. The molecule has 2 rings (SSSR count). The molecule has 3 atom stereocenters. The highest BCUT2D eigenvalue weighted by atomic mass is 35.5. The molecule has 134 valence electrons. The molecule has 0 fully saturated rings. The Hall–Kier alpha value is -1.75. The molecule has 0 heterocycles. The molecule has 0 radical (unpaired) electrons. The highest BCUT2D eigenvalue weighted by Gasteiger charge is 2.28. The molecule has 0 spiro atoms. The highest BCUT2D eigenvalue weighted by Crippen LogP contribution is 2.29. The Kier molecular flexibility index (Phi) is 6.71. The van der Waals surface area contributed by atoms with Gasteiger partial charge in [-0.3, -0.25) is 4.79 Å². The zero-order valence-electron chi connectivity index (χ0n) is 14.3. The molecule has 25 heavy (non-hydrogen) atoms. The van der Waals surface area contributed by atoms with Gasteiger partial charge in [-0.1, -0.05) is 53.5 Å². The Balaban J connectivity index is 2.05. The summed E-state index contributed by atoms with van der Waals surface area (Å²) in [7, 11) is 1.64. The summed E-state index contributed by atoms with van der Waals surface area (Å²) in [5.41, 5.74) is 0.754. The van der Waals surface area contributed by atoms with Crippen LogP contribution in [0.1, 0.15) is 25.5 Å². The standard InChI is InChI=1S/C19H21Cl2NO3/c1-12(18(23)14-7-5-4-6-8-14)22(3)19(24)13(2)25-17-10-9-15(20)11-16(17)21/h4-13,18,23H,1-3H3. The first-order valence-electron chi connectivity index (χ1n) is 7.92. The second-order valence-electron chi connectivity index (χ2n) is 5.88. The fraction of sp³-hybridized carbons (Fsp3) is 0.316. The summed E-state index contributed by atoms with van der Waals surface area (Å²) in [6, 6.07) is 13.6. The Labute approximate surface area is 157 Å². The van der Waals surface area contributed by atoms with Crippen molar-refractivity contribution in [3.63, 3.8) is 0 Å². The molecule has 0 aliphatic carbocycles. The molecule has 6 heteroatoms. The van der Waals surface area contributed by atoms with E-state index in [2.05, 4.69) is 0 Å². The van der Waals surface area contributed by atoms with E-state index in [1.54, 1.807) is 39.1 Å². The fourth-order valence-corrected chi connectivity index (χ4v) is 2.89. The topological polar surface area (TPSA) is 49.8 Å². The summed E-state index contributed by atoms with van der Waals surface area (Å²) in [5.74, 6) is 0.130. The summed E-state index contributed by atoms with van der Waals surface area (Å²) < 4.78 is 5.66. The van der Waals surface area contributed by atoms with E-state index < -0.39 is 18.2 Å². The molecule has 0 aliphatic rings. The number of hydrogen-bond acceptors (Lipinski definition) is 3. The Morgan fingerprint density at radius 1 is 1.12 bits per heavy atom. The number of carbonyl (C=O) groups is 1. The van der Waals surface area contributed by atoms with Gasteiger partial charge >= 0.3 is 0 Å². The molecule has 0 saturated carbocycles. The monoisotopic (exact) mass is 381 g/mol. The van der Waals surface area contributed by atoms with Gasteiger partial charge < -0.3 is 14.7 Å². The van der Waals surface area contributed by atoms with E-state index in [0.717, 1.165) is 5.56 Å². The number of ether oxygens (including phenoxy) is 1. The molecule has 0 saturated heterocycles. The lowest BCUT2D eigenvalue weighted by atomic mass is 10.0. The number of likely N-dealkylation sites (N-methyl/N-ethyl adjacent to an activating group) is 1. The van der Waals surface area contributed by atoms with Crippen molar-refractivity contribution in [3.05, 3.63) is 64.1 Å². The van der Waals surface area contributed by atoms with Crippen LogP contribution >= 0.6 is 23.2 Å². The second kappa shape index (κ2) is 8.56. The Morgan fingerprint density at radius 3 is 2.36 bits per heavy atom. The van der Waals surface area contributed by atoms with E-state index in [0.29, 0.717) is 15.8 Å². The fourth-order valence-electron chi connectivity index (χ4n) is 2.44. The van der Waals surface area contributed by atoms with Crippen molar-refractivity contribution in [2.24, 2.45) is 0 Å². The molecule has 4 nitrogen and oxygen atoms in total. The number of carbonyl (C=O) groups excluding carboxylic acids is 1. The minimum atomic E-state index is -0.790. The predicted molar refractivity (Wildman–Crippen MR) is 100 cm³/mol. The Morgan fingerprint density at radius 2 is 1.76 bits per heavy atom. The molecule has 1 amide bonds. The van der Waals surface area contributed by atoms with E-state index in [4.69, 9.17) is 27.9 Å². The predicted octanol–water partition coefficient (Wildman–Crippen LogP) is 4.34. The van der Waals surface area contributed by atoms with Crippen LogP contribution in [0.5, 0.6) is 5.75 Å². The van der Waals surface area contributed by atoms with Crippen LogP contribution in [-0.2, 0) is 4.79 Å². The average Bonchev–Trinajstić information content (AvgIpc) is 2.62. The van der Waals surface area contributed by atoms with Gasteiger partial charge in [0.25, 0.3) is 5.91 Å². The SMILES string of the molecule is CC(Oc1ccc(Cl)cc1Cl)C(=O)N(C)C(C)C(O)c1ccccc1. The molecule has 0 aliphatic heterocycles. The summed E-state index contributed by atoms with van der Waals surface area (Å²) in [5, 5.41) is 11.3. The van der Waals surface area contributed by atoms with Gasteiger partial charge in [-0.25, -0.2) is 0 Å². The zero-order valence-corrected chi connectivity index (χ0v) is 15.8. The number of amides is 1. The minimum Gasteiger partial charge on any atom is -0.479 e. The van der Waals surface area contributed by atoms with E-state index in [1.165, 1.54) is 4.90 Å². The first-order valence-corrected chi connectivity index (χ1v) is 8.68. The molecule has 2 aromatic carbocycles. The third-order valence-corrected chi connectivity index (χ3v) is 4.63. The molecular weight excluding hydrogens is 361 g/mol. The van der Waals surface area contributed by atoms with Crippen LogP contribution < -0.4 is 4.74 Å². The van der Waals surface area contributed by atoms with Crippen LogP contribution in [-0.4, -0.2) is 35.1 Å². The van der Waals surface area contributed by atoms with Crippen molar-refractivity contribution in [3.8, 4) is 5.75 Å². The molecule has 0 bridgehead atoms. The van der Waals surface area contributed by atoms with Crippen LogP contribution in [0.4, 0.5) is 0 Å². The second-order valence-corrected chi connectivity index (χ2v) is 6.72. The maximum Gasteiger partial charge on any atom is 0.263 e. The van der Waals surface area contributed by atoms with Gasteiger partial charge in [0.2, 0.25) is 0 Å². The molecule has 2 aromatic rings. The van der Waals surface area contributed by atoms with Gasteiger partial charge in [0.05, 0.1) is 17.2 Å². The number of nitrogens with zero attached hydrogens (tertiary/aromatic N) is 1. The van der Waals surface area contributed by atoms with Gasteiger partial charge in [-0.05, 0) is 37.6 Å². The molecule has 3 unspecified atom stereocenters. The number of hydrogen-bond donors (Lipinski definition) is 1. The van der Waals surface area contributed by atoms with Crippen LogP contribution in [0.25, 0.3) is 0 Å². The number of aliphatic hydroxyl groups is 1. The normalized spacial score (nSPS) is 14.5. The van der Waals surface area contributed by atoms with Crippen molar-refractivity contribution in [2.45, 2.75) is 32.1 Å². The summed E-state index contributed by atoms with van der Waals surface area (Å²) in [6.07, 6.45) is -1.55. The van der Waals surface area contributed by atoms with Crippen LogP contribution in [0.2, 0.25) is 10.0 Å². The lowest BCUT2D eigenvalue weighted by Crippen LogP contribution is -2.45. The van der Waals surface area contributed by atoms with Crippen LogP contribution in [0, 0.1) is 0 Å².